The average molecular weight is 307 g/mol. The number of nitrogens with zero attached hydrogens (tertiary/aromatic N) is 1. The van der Waals surface area contributed by atoms with Gasteiger partial charge in [-0.2, -0.15) is 0 Å². The lowest BCUT2D eigenvalue weighted by Crippen LogP contribution is -2.26. The highest BCUT2D eigenvalue weighted by atomic mass is 35.5. The number of carbonyl (C=O) groups excluding carboxylic acids is 1. The van der Waals surface area contributed by atoms with Crippen LogP contribution in [0.5, 0.6) is 0 Å². The molecule has 2 aromatic rings. The number of carbonyl (C=O) groups is 1. The summed E-state index contributed by atoms with van der Waals surface area (Å²) >= 11 is 11.6. The lowest BCUT2D eigenvalue weighted by atomic mass is 10.1. The molecule has 1 aromatic carbocycles. The van der Waals surface area contributed by atoms with Crippen LogP contribution in [0.4, 0.5) is 0 Å². The van der Waals surface area contributed by atoms with Gasteiger partial charge in [-0.1, -0.05) is 53.5 Å². The number of nitrogens with one attached hydrogen (secondary N) is 1. The SMILES string of the molecule is O=C(NC1CC1c1ccccc1)c1cnc(Cl)c(Cl)c1. The van der Waals surface area contributed by atoms with Crippen LogP contribution in [0.15, 0.2) is 42.6 Å². The van der Waals surface area contributed by atoms with Crippen molar-refractivity contribution >= 4 is 29.1 Å². The van der Waals surface area contributed by atoms with Crippen LogP contribution in [-0.2, 0) is 0 Å². The van der Waals surface area contributed by atoms with E-state index < -0.39 is 0 Å². The number of hydrogen-bond donors (Lipinski definition) is 1. The molecule has 1 fully saturated rings. The molecular formula is C15H12Cl2N2O. The molecule has 0 bridgehead atoms. The summed E-state index contributed by atoms with van der Waals surface area (Å²) in [6.07, 6.45) is 2.40. The lowest BCUT2D eigenvalue weighted by molar-refractivity contribution is 0.0950. The first kappa shape index (κ1) is 13.4. The molecule has 1 saturated carbocycles. The number of halogens is 2. The van der Waals surface area contributed by atoms with Gasteiger partial charge < -0.3 is 5.32 Å². The number of pyridine rings is 1. The Hall–Kier alpha value is -1.58. The molecule has 1 heterocycles. The quantitative estimate of drug-likeness (QED) is 0.879. The van der Waals surface area contributed by atoms with Crippen LogP contribution in [0.25, 0.3) is 0 Å². The molecule has 1 aliphatic rings. The maximum absolute atomic E-state index is 12.1. The smallest absolute Gasteiger partial charge is 0.253 e. The molecule has 1 aliphatic carbocycles. The van der Waals surface area contributed by atoms with E-state index in [2.05, 4.69) is 22.4 Å². The topological polar surface area (TPSA) is 42.0 Å². The van der Waals surface area contributed by atoms with Crippen molar-refractivity contribution < 1.29 is 4.79 Å². The van der Waals surface area contributed by atoms with Gasteiger partial charge in [0, 0.05) is 18.2 Å². The van der Waals surface area contributed by atoms with Gasteiger partial charge in [-0.05, 0) is 18.1 Å². The van der Waals surface area contributed by atoms with E-state index in [9.17, 15) is 4.79 Å². The molecule has 20 heavy (non-hydrogen) atoms. The third-order valence-corrected chi connectivity index (χ3v) is 4.08. The zero-order valence-electron chi connectivity index (χ0n) is 10.5. The van der Waals surface area contributed by atoms with Gasteiger partial charge in [-0.3, -0.25) is 4.79 Å². The van der Waals surface area contributed by atoms with Crippen molar-refractivity contribution in [2.24, 2.45) is 0 Å². The van der Waals surface area contributed by atoms with Gasteiger partial charge in [-0.15, -0.1) is 0 Å². The van der Waals surface area contributed by atoms with Crippen LogP contribution >= 0.6 is 23.2 Å². The van der Waals surface area contributed by atoms with Gasteiger partial charge in [-0.25, -0.2) is 4.98 Å². The number of benzene rings is 1. The van der Waals surface area contributed by atoms with Gasteiger partial charge in [0.2, 0.25) is 0 Å². The molecule has 102 valence electrons. The molecule has 1 aromatic heterocycles. The summed E-state index contributed by atoms with van der Waals surface area (Å²) in [5, 5.41) is 3.48. The van der Waals surface area contributed by atoms with E-state index in [1.54, 1.807) is 0 Å². The van der Waals surface area contributed by atoms with Crippen molar-refractivity contribution in [2.75, 3.05) is 0 Å². The minimum atomic E-state index is -0.167. The summed E-state index contributed by atoms with van der Waals surface area (Å²) in [6.45, 7) is 0. The van der Waals surface area contributed by atoms with Crippen molar-refractivity contribution in [2.45, 2.75) is 18.4 Å². The summed E-state index contributed by atoms with van der Waals surface area (Å²) in [5.74, 6) is 0.232. The third kappa shape index (κ3) is 2.79. The molecule has 2 unspecified atom stereocenters. The molecule has 0 saturated heterocycles. The number of rotatable bonds is 3. The zero-order chi connectivity index (χ0) is 14.1. The van der Waals surface area contributed by atoms with Crippen molar-refractivity contribution in [1.29, 1.82) is 0 Å². The van der Waals surface area contributed by atoms with E-state index in [0.717, 1.165) is 6.42 Å². The van der Waals surface area contributed by atoms with Crippen LogP contribution in [0, 0.1) is 0 Å². The minimum absolute atomic E-state index is 0.167. The van der Waals surface area contributed by atoms with Crippen molar-refractivity contribution in [1.82, 2.24) is 10.3 Å². The fourth-order valence-corrected chi connectivity index (χ4v) is 2.49. The van der Waals surface area contributed by atoms with E-state index in [1.807, 2.05) is 18.2 Å². The van der Waals surface area contributed by atoms with E-state index in [0.29, 0.717) is 11.5 Å². The molecule has 0 spiro atoms. The van der Waals surface area contributed by atoms with E-state index in [-0.39, 0.29) is 22.1 Å². The first-order chi connectivity index (χ1) is 9.65. The number of amides is 1. The first-order valence-electron chi connectivity index (χ1n) is 6.32. The van der Waals surface area contributed by atoms with Crippen LogP contribution in [0.2, 0.25) is 10.2 Å². The van der Waals surface area contributed by atoms with Crippen LogP contribution in [-0.4, -0.2) is 16.9 Å². The maximum atomic E-state index is 12.1. The normalized spacial score (nSPS) is 20.5. The Morgan fingerprint density at radius 2 is 2.00 bits per heavy atom. The lowest BCUT2D eigenvalue weighted by Gasteiger charge is -2.05. The highest BCUT2D eigenvalue weighted by molar-refractivity contribution is 6.41. The Balaban J connectivity index is 1.65. The van der Waals surface area contributed by atoms with Gasteiger partial charge in [0.15, 0.2) is 0 Å². The Bertz CT molecular complexity index is 646. The monoisotopic (exact) mass is 306 g/mol. The molecule has 3 nitrogen and oxygen atoms in total. The summed E-state index contributed by atoms with van der Waals surface area (Å²) in [5.41, 5.74) is 1.68. The Labute approximate surface area is 126 Å². The maximum Gasteiger partial charge on any atom is 0.253 e. The van der Waals surface area contributed by atoms with Crippen molar-refractivity contribution in [3.05, 3.63) is 63.9 Å². The molecule has 2 atom stereocenters. The molecule has 3 rings (SSSR count). The zero-order valence-corrected chi connectivity index (χ0v) is 12.0. The summed E-state index contributed by atoms with van der Waals surface area (Å²) in [7, 11) is 0. The molecule has 0 aliphatic heterocycles. The number of aromatic nitrogens is 1. The molecular weight excluding hydrogens is 295 g/mol. The standard InChI is InChI=1S/C15H12Cl2N2O/c16-12-6-10(8-18-14(12)17)15(20)19-13-7-11(13)9-4-2-1-3-5-9/h1-6,8,11,13H,7H2,(H,19,20). The Morgan fingerprint density at radius 3 is 2.70 bits per heavy atom. The first-order valence-corrected chi connectivity index (χ1v) is 7.07. The van der Waals surface area contributed by atoms with Crippen LogP contribution in [0.3, 0.4) is 0 Å². The van der Waals surface area contributed by atoms with Gasteiger partial charge >= 0.3 is 0 Å². The Kier molecular flexibility index (Phi) is 3.64. The van der Waals surface area contributed by atoms with Crippen molar-refractivity contribution in [3.63, 3.8) is 0 Å². The van der Waals surface area contributed by atoms with E-state index in [4.69, 9.17) is 23.2 Å². The van der Waals surface area contributed by atoms with Gasteiger partial charge in [0.1, 0.15) is 5.15 Å². The highest BCUT2D eigenvalue weighted by Gasteiger charge is 2.39. The van der Waals surface area contributed by atoms with E-state index in [1.165, 1.54) is 17.8 Å². The van der Waals surface area contributed by atoms with Crippen LogP contribution < -0.4 is 5.32 Å². The Morgan fingerprint density at radius 1 is 1.25 bits per heavy atom. The third-order valence-electron chi connectivity index (χ3n) is 3.39. The second-order valence-electron chi connectivity index (χ2n) is 4.83. The summed E-state index contributed by atoms with van der Waals surface area (Å²) in [6, 6.07) is 11.9. The highest BCUT2D eigenvalue weighted by Crippen LogP contribution is 2.40. The fourth-order valence-electron chi connectivity index (χ4n) is 2.22. The fraction of sp³-hybridized carbons (Fsp3) is 0.200. The van der Waals surface area contributed by atoms with Crippen molar-refractivity contribution in [3.8, 4) is 0 Å². The average Bonchev–Trinajstić information content (AvgIpc) is 3.22. The molecule has 1 N–H and O–H groups in total. The largest absolute Gasteiger partial charge is 0.349 e. The number of hydrogen-bond acceptors (Lipinski definition) is 2. The second-order valence-corrected chi connectivity index (χ2v) is 5.59. The molecule has 1 amide bonds. The predicted octanol–water partition coefficient (Wildman–Crippen LogP) is 3.67. The molecule has 0 radical (unpaired) electrons. The molecule has 5 heteroatoms. The summed E-state index contributed by atoms with van der Waals surface area (Å²) in [4.78, 5) is 16.0. The van der Waals surface area contributed by atoms with Gasteiger partial charge in [0.05, 0.1) is 10.6 Å². The van der Waals surface area contributed by atoms with E-state index >= 15 is 0 Å². The van der Waals surface area contributed by atoms with Gasteiger partial charge in [0.25, 0.3) is 5.91 Å². The van der Waals surface area contributed by atoms with Crippen LogP contribution in [0.1, 0.15) is 28.3 Å². The minimum Gasteiger partial charge on any atom is -0.349 e. The second kappa shape index (κ2) is 5.43. The predicted molar refractivity (Wildman–Crippen MR) is 79.3 cm³/mol. The summed E-state index contributed by atoms with van der Waals surface area (Å²) < 4.78 is 0.